The Kier molecular flexibility index (Phi) is 2.63. The molecule has 1 atom stereocenters. The highest BCUT2D eigenvalue weighted by Crippen LogP contribution is 2.09. The maximum Gasteiger partial charge on any atom is 0.283 e. The molecule has 0 aromatic heterocycles. The minimum absolute atomic E-state index is 0.420. The van der Waals surface area contributed by atoms with Crippen molar-refractivity contribution in [3.63, 3.8) is 0 Å². The first kappa shape index (κ1) is 8.24. The van der Waals surface area contributed by atoms with E-state index in [1.54, 1.807) is 0 Å². The zero-order valence-corrected chi connectivity index (χ0v) is 6.71. The third kappa shape index (κ3) is 2.03. The zero-order valence-electron chi connectivity index (χ0n) is 5.96. The molecule has 58 valence electrons. The van der Waals surface area contributed by atoms with Crippen molar-refractivity contribution in [2.45, 2.75) is 6.04 Å². The molecule has 0 radical (unpaired) electrons. The molecule has 0 heterocycles. The summed E-state index contributed by atoms with van der Waals surface area (Å²) in [6.45, 7) is 0. The number of halogens is 1. The van der Waals surface area contributed by atoms with Crippen LogP contribution in [0, 0.1) is 0 Å². The van der Waals surface area contributed by atoms with Crippen LogP contribution in [0.1, 0.15) is 11.6 Å². The van der Waals surface area contributed by atoms with E-state index in [1.165, 1.54) is 0 Å². The number of carbonyl (C=O) groups is 1. The van der Waals surface area contributed by atoms with E-state index >= 15 is 0 Å². The summed E-state index contributed by atoms with van der Waals surface area (Å²) >= 11 is 5.26. The van der Waals surface area contributed by atoms with Gasteiger partial charge in [-0.3, -0.25) is 4.79 Å². The Morgan fingerprint density at radius 3 is 2.36 bits per heavy atom. The predicted molar refractivity (Wildman–Crippen MR) is 42.9 cm³/mol. The van der Waals surface area contributed by atoms with Gasteiger partial charge >= 0.3 is 0 Å². The smallest absolute Gasteiger partial charge is 0.283 e. The van der Waals surface area contributed by atoms with E-state index in [0.717, 1.165) is 5.56 Å². The molecule has 11 heavy (non-hydrogen) atoms. The van der Waals surface area contributed by atoms with Gasteiger partial charge in [-0.2, -0.15) is 0 Å². The van der Waals surface area contributed by atoms with Crippen molar-refractivity contribution >= 4 is 16.8 Å². The molecule has 0 bridgehead atoms. The molecule has 1 unspecified atom stereocenters. The predicted octanol–water partition coefficient (Wildman–Crippen LogP) is 0.735. The Bertz CT molecular complexity index is 248. The van der Waals surface area contributed by atoms with Gasteiger partial charge in [0.05, 0.1) is 0 Å². The second kappa shape index (κ2) is 3.51. The molecule has 1 rings (SSSR count). The van der Waals surface area contributed by atoms with E-state index in [1.807, 2.05) is 30.3 Å². The van der Waals surface area contributed by atoms with Crippen LogP contribution in [-0.2, 0) is 4.79 Å². The van der Waals surface area contributed by atoms with Gasteiger partial charge < -0.3 is 5.73 Å². The van der Waals surface area contributed by atoms with Crippen LogP contribution in [0.4, 0.5) is 0 Å². The first-order chi connectivity index (χ1) is 5.22. The number of quaternary nitrogens is 1. The summed E-state index contributed by atoms with van der Waals surface area (Å²) in [4.78, 5) is 10.6. The monoisotopic (exact) mass is 170 g/mol. The molecule has 0 amide bonds. The first-order valence-corrected chi connectivity index (χ1v) is 3.67. The Morgan fingerprint density at radius 2 is 1.91 bits per heavy atom. The second-order valence-corrected chi connectivity index (χ2v) is 2.64. The topological polar surface area (TPSA) is 44.7 Å². The summed E-state index contributed by atoms with van der Waals surface area (Å²) < 4.78 is 0. The molecule has 0 spiro atoms. The Labute approximate surface area is 70.0 Å². The fraction of sp³-hybridized carbons (Fsp3) is 0.125. The lowest BCUT2D eigenvalue weighted by Crippen LogP contribution is -2.56. The number of rotatable bonds is 2. The van der Waals surface area contributed by atoms with Crippen molar-refractivity contribution in [1.29, 1.82) is 0 Å². The summed E-state index contributed by atoms with van der Waals surface area (Å²) in [7, 11) is 0. The van der Waals surface area contributed by atoms with Crippen LogP contribution in [-0.4, -0.2) is 5.24 Å². The van der Waals surface area contributed by atoms with Crippen molar-refractivity contribution in [2.75, 3.05) is 0 Å². The highest BCUT2D eigenvalue weighted by molar-refractivity contribution is 6.64. The SMILES string of the molecule is [NH3+]C(C(=O)Cl)c1ccccc1. The van der Waals surface area contributed by atoms with Crippen LogP contribution in [0.2, 0.25) is 0 Å². The number of benzene rings is 1. The molecule has 1 aromatic carbocycles. The maximum absolute atomic E-state index is 10.6. The molecule has 0 saturated heterocycles. The highest BCUT2D eigenvalue weighted by Gasteiger charge is 2.15. The largest absolute Gasteiger partial charge is 0.344 e. The van der Waals surface area contributed by atoms with Crippen LogP contribution in [0.5, 0.6) is 0 Å². The molecule has 3 heteroatoms. The van der Waals surface area contributed by atoms with E-state index in [9.17, 15) is 4.79 Å². The Morgan fingerprint density at radius 1 is 1.36 bits per heavy atom. The Hall–Kier alpha value is -0.860. The summed E-state index contributed by atoms with van der Waals surface area (Å²) in [5.74, 6) is 0. The fourth-order valence-electron chi connectivity index (χ4n) is 0.816. The minimum Gasteiger partial charge on any atom is -0.344 e. The quantitative estimate of drug-likeness (QED) is 0.654. The summed E-state index contributed by atoms with van der Waals surface area (Å²) in [5.41, 5.74) is 4.48. The lowest BCUT2D eigenvalue weighted by atomic mass is 10.1. The number of hydrogen-bond acceptors (Lipinski definition) is 1. The van der Waals surface area contributed by atoms with E-state index in [-0.39, 0.29) is 0 Å². The number of hydrogen-bond donors (Lipinski definition) is 1. The summed E-state index contributed by atoms with van der Waals surface area (Å²) in [6, 6.07) is 8.81. The van der Waals surface area contributed by atoms with Gasteiger partial charge in [-0.1, -0.05) is 30.3 Å². The van der Waals surface area contributed by atoms with E-state index in [4.69, 9.17) is 11.6 Å². The van der Waals surface area contributed by atoms with Gasteiger partial charge in [0, 0.05) is 5.56 Å². The average molecular weight is 171 g/mol. The molecule has 0 aliphatic rings. The first-order valence-electron chi connectivity index (χ1n) is 3.29. The van der Waals surface area contributed by atoms with Gasteiger partial charge in [0.15, 0.2) is 6.04 Å². The molecule has 0 fully saturated rings. The third-order valence-corrected chi connectivity index (χ3v) is 1.74. The van der Waals surface area contributed by atoms with Gasteiger partial charge in [-0.25, -0.2) is 0 Å². The maximum atomic E-state index is 10.6. The van der Waals surface area contributed by atoms with Crippen LogP contribution in [0.25, 0.3) is 0 Å². The lowest BCUT2D eigenvalue weighted by molar-refractivity contribution is -0.407. The fourth-order valence-corrected chi connectivity index (χ4v) is 0.942. The normalized spacial score (nSPS) is 12.5. The molecule has 1 aromatic rings. The Balaban J connectivity index is 2.85. The van der Waals surface area contributed by atoms with Gasteiger partial charge in [-0.15, -0.1) is 0 Å². The van der Waals surface area contributed by atoms with Crippen molar-refractivity contribution in [2.24, 2.45) is 0 Å². The summed E-state index contributed by atoms with van der Waals surface area (Å²) in [5, 5.41) is -0.420. The van der Waals surface area contributed by atoms with Crippen molar-refractivity contribution in [1.82, 2.24) is 0 Å². The molecule has 3 N–H and O–H groups in total. The van der Waals surface area contributed by atoms with Crippen molar-refractivity contribution in [3.05, 3.63) is 35.9 Å². The van der Waals surface area contributed by atoms with Crippen molar-refractivity contribution in [3.8, 4) is 0 Å². The minimum atomic E-state index is -0.446. The molecule has 2 nitrogen and oxygen atoms in total. The molecule has 0 saturated carbocycles. The molecular weight excluding hydrogens is 162 g/mol. The zero-order chi connectivity index (χ0) is 8.27. The third-order valence-electron chi connectivity index (χ3n) is 1.48. The summed E-state index contributed by atoms with van der Waals surface area (Å²) in [6.07, 6.45) is 0. The van der Waals surface area contributed by atoms with Crippen LogP contribution >= 0.6 is 11.6 Å². The molecule has 0 aliphatic heterocycles. The lowest BCUT2D eigenvalue weighted by Gasteiger charge is -2.00. The molecular formula is C8H9ClNO+. The van der Waals surface area contributed by atoms with Gasteiger partial charge in [0.2, 0.25) is 0 Å². The standard InChI is InChI=1S/C8H8ClNO/c9-8(11)7(10)6-4-2-1-3-5-6/h1-5,7H,10H2/p+1. The van der Waals surface area contributed by atoms with E-state index in [2.05, 4.69) is 5.73 Å². The second-order valence-electron chi connectivity index (χ2n) is 2.27. The molecule has 0 aliphatic carbocycles. The van der Waals surface area contributed by atoms with Crippen LogP contribution in [0.15, 0.2) is 30.3 Å². The highest BCUT2D eigenvalue weighted by atomic mass is 35.5. The average Bonchev–Trinajstić information content (AvgIpc) is 2.05. The van der Waals surface area contributed by atoms with E-state index in [0.29, 0.717) is 0 Å². The van der Waals surface area contributed by atoms with Gasteiger partial charge in [-0.05, 0) is 11.6 Å². The van der Waals surface area contributed by atoms with Crippen LogP contribution < -0.4 is 5.73 Å². The van der Waals surface area contributed by atoms with E-state index < -0.39 is 11.3 Å². The number of carbonyl (C=O) groups excluding carboxylic acids is 1. The van der Waals surface area contributed by atoms with Gasteiger partial charge in [0.25, 0.3) is 5.24 Å². The van der Waals surface area contributed by atoms with Gasteiger partial charge in [0.1, 0.15) is 0 Å². The van der Waals surface area contributed by atoms with Crippen LogP contribution in [0.3, 0.4) is 0 Å². The van der Waals surface area contributed by atoms with Crippen molar-refractivity contribution < 1.29 is 10.5 Å².